The lowest BCUT2D eigenvalue weighted by Crippen LogP contribution is -2.14. The first-order valence-electron chi connectivity index (χ1n) is 6.54. The summed E-state index contributed by atoms with van der Waals surface area (Å²) in [6.45, 7) is 2.08. The molecule has 0 spiro atoms. The maximum Gasteiger partial charge on any atom is 0.303 e. The minimum atomic E-state index is -0.739. The van der Waals surface area contributed by atoms with E-state index in [4.69, 9.17) is 5.11 Å². The number of ketones is 1. The van der Waals surface area contributed by atoms with Gasteiger partial charge in [0.05, 0.1) is 0 Å². The molecule has 0 radical (unpaired) electrons. The fraction of sp³-hybridized carbons (Fsp3) is 0.714. The van der Waals surface area contributed by atoms with Gasteiger partial charge in [-0.05, 0) is 38.0 Å². The fourth-order valence-electron chi connectivity index (χ4n) is 2.57. The molecular weight excluding hydrogens is 216 g/mol. The predicted molar refractivity (Wildman–Crippen MR) is 66.8 cm³/mol. The third-order valence-corrected chi connectivity index (χ3v) is 3.50. The quantitative estimate of drug-likeness (QED) is 0.693. The molecule has 96 valence electrons. The van der Waals surface area contributed by atoms with E-state index >= 15 is 0 Å². The van der Waals surface area contributed by atoms with Crippen LogP contribution in [0.3, 0.4) is 0 Å². The number of hydrogen-bond acceptors (Lipinski definition) is 2. The molecule has 0 saturated heterocycles. The molecule has 0 aromatic carbocycles. The molecule has 2 atom stereocenters. The van der Waals surface area contributed by atoms with Gasteiger partial charge >= 0.3 is 5.97 Å². The smallest absolute Gasteiger partial charge is 0.303 e. The molecule has 1 aliphatic carbocycles. The predicted octanol–water partition coefficient (Wildman–Crippen LogP) is 3.19. The number of hydrogen-bond donors (Lipinski definition) is 1. The SMILES string of the molecule is CC/C=C/CC1C(=O)CCC1CCCC(=O)O. The van der Waals surface area contributed by atoms with Crippen LogP contribution in [0.25, 0.3) is 0 Å². The molecule has 1 rings (SSSR count). The van der Waals surface area contributed by atoms with Gasteiger partial charge in [0.1, 0.15) is 5.78 Å². The van der Waals surface area contributed by atoms with Crippen molar-refractivity contribution >= 4 is 11.8 Å². The van der Waals surface area contributed by atoms with E-state index in [0.29, 0.717) is 24.5 Å². The molecule has 0 aromatic heterocycles. The molecule has 1 saturated carbocycles. The summed E-state index contributed by atoms with van der Waals surface area (Å²) in [5.74, 6) is 0.179. The van der Waals surface area contributed by atoms with Gasteiger partial charge in [-0.2, -0.15) is 0 Å². The Morgan fingerprint density at radius 1 is 1.47 bits per heavy atom. The van der Waals surface area contributed by atoms with Crippen molar-refractivity contribution in [2.45, 2.75) is 51.9 Å². The summed E-state index contributed by atoms with van der Waals surface area (Å²) in [7, 11) is 0. The van der Waals surface area contributed by atoms with Crippen molar-refractivity contribution in [1.29, 1.82) is 0 Å². The first-order chi connectivity index (χ1) is 8.15. The fourth-order valence-corrected chi connectivity index (χ4v) is 2.57. The van der Waals surface area contributed by atoms with E-state index in [1.54, 1.807) is 0 Å². The third kappa shape index (κ3) is 4.72. The highest BCUT2D eigenvalue weighted by Crippen LogP contribution is 2.35. The van der Waals surface area contributed by atoms with Gasteiger partial charge < -0.3 is 5.11 Å². The molecule has 3 heteroatoms. The number of aliphatic carboxylic acids is 1. The summed E-state index contributed by atoms with van der Waals surface area (Å²) < 4.78 is 0. The first-order valence-corrected chi connectivity index (χ1v) is 6.54. The molecule has 1 aliphatic rings. The molecule has 0 aromatic rings. The van der Waals surface area contributed by atoms with Crippen LogP contribution in [-0.2, 0) is 9.59 Å². The van der Waals surface area contributed by atoms with Gasteiger partial charge in [0.25, 0.3) is 0 Å². The molecule has 0 aliphatic heterocycles. The Morgan fingerprint density at radius 2 is 2.24 bits per heavy atom. The van der Waals surface area contributed by atoms with Gasteiger partial charge in [-0.1, -0.05) is 19.1 Å². The van der Waals surface area contributed by atoms with Crippen molar-refractivity contribution in [2.75, 3.05) is 0 Å². The summed E-state index contributed by atoms with van der Waals surface area (Å²) in [6, 6.07) is 0. The van der Waals surface area contributed by atoms with Crippen LogP contribution in [0.5, 0.6) is 0 Å². The molecular formula is C14H22O3. The van der Waals surface area contributed by atoms with Crippen molar-refractivity contribution < 1.29 is 14.7 Å². The van der Waals surface area contributed by atoms with Crippen molar-refractivity contribution in [1.82, 2.24) is 0 Å². The molecule has 0 amide bonds. The Hall–Kier alpha value is -1.12. The molecule has 0 bridgehead atoms. The first kappa shape index (κ1) is 13.9. The zero-order valence-electron chi connectivity index (χ0n) is 10.5. The Kier molecular flexibility index (Phi) is 5.95. The number of carboxylic acids is 1. The van der Waals surface area contributed by atoms with Crippen molar-refractivity contribution in [3.05, 3.63) is 12.2 Å². The standard InChI is InChI=1S/C14H22O3/c1-2-3-4-7-12-11(9-10-13(12)15)6-5-8-14(16)17/h3-4,11-12H,2,5-10H2,1H3,(H,16,17)/b4-3+. The second-order valence-corrected chi connectivity index (χ2v) is 4.77. The van der Waals surface area contributed by atoms with Crippen LogP contribution in [0.1, 0.15) is 51.9 Å². The normalized spacial score (nSPS) is 24.6. The Labute approximate surface area is 103 Å². The van der Waals surface area contributed by atoms with Gasteiger partial charge in [0.15, 0.2) is 0 Å². The minimum Gasteiger partial charge on any atom is -0.481 e. The number of carbonyl (C=O) groups is 2. The maximum atomic E-state index is 11.7. The van der Waals surface area contributed by atoms with Crippen molar-refractivity contribution in [3.8, 4) is 0 Å². The molecule has 2 unspecified atom stereocenters. The van der Waals surface area contributed by atoms with Crippen LogP contribution >= 0.6 is 0 Å². The van der Waals surface area contributed by atoms with E-state index in [2.05, 4.69) is 19.1 Å². The lowest BCUT2D eigenvalue weighted by Gasteiger charge is -2.16. The zero-order valence-corrected chi connectivity index (χ0v) is 10.5. The number of allylic oxidation sites excluding steroid dienone is 2. The van der Waals surface area contributed by atoms with E-state index in [-0.39, 0.29) is 12.3 Å². The lowest BCUT2D eigenvalue weighted by atomic mass is 9.88. The highest BCUT2D eigenvalue weighted by atomic mass is 16.4. The van der Waals surface area contributed by atoms with Crippen LogP contribution in [0.2, 0.25) is 0 Å². The monoisotopic (exact) mass is 238 g/mol. The lowest BCUT2D eigenvalue weighted by molar-refractivity contribution is -0.137. The second kappa shape index (κ2) is 7.25. The molecule has 3 nitrogen and oxygen atoms in total. The highest BCUT2D eigenvalue weighted by Gasteiger charge is 2.32. The second-order valence-electron chi connectivity index (χ2n) is 4.77. The summed E-state index contributed by atoms with van der Waals surface area (Å²) >= 11 is 0. The molecule has 0 heterocycles. The van der Waals surface area contributed by atoms with E-state index in [9.17, 15) is 9.59 Å². The van der Waals surface area contributed by atoms with E-state index in [1.165, 1.54) is 0 Å². The van der Waals surface area contributed by atoms with Gasteiger partial charge in [0, 0.05) is 18.8 Å². The maximum absolute atomic E-state index is 11.7. The number of rotatable bonds is 7. The topological polar surface area (TPSA) is 54.4 Å². The van der Waals surface area contributed by atoms with E-state index in [1.807, 2.05) is 0 Å². The van der Waals surface area contributed by atoms with Gasteiger partial charge in [-0.25, -0.2) is 0 Å². The van der Waals surface area contributed by atoms with E-state index < -0.39 is 5.97 Å². The van der Waals surface area contributed by atoms with Crippen molar-refractivity contribution in [2.24, 2.45) is 11.8 Å². The van der Waals surface area contributed by atoms with Crippen LogP contribution in [-0.4, -0.2) is 16.9 Å². The number of Topliss-reactive ketones (excluding diaryl/α,β-unsaturated/α-hetero) is 1. The van der Waals surface area contributed by atoms with Crippen LogP contribution in [0, 0.1) is 11.8 Å². The van der Waals surface area contributed by atoms with Gasteiger partial charge in [0.2, 0.25) is 0 Å². The molecule has 1 N–H and O–H groups in total. The van der Waals surface area contributed by atoms with Crippen LogP contribution < -0.4 is 0 Å². The van der Waals surface area contributed by atoms with E-state index in [0.717, 1.165) is 25.7 Å². The Bertz CT molecular complexity index is 294. The van der Waals surface area contributed by atoms with Gasteiger partial charge in [-0.15, -0.1) is 0 Å². The Balaban J connectivity index is 2.38. The largest absolute Gasteiger partial charge is 0.481 e. The molecule has 1 fully saturated rings. The summed E-state index contributed by atoms with van der Waals surface area (Å²) in [6.07, 6.45) is 9.46. The summed E-state index contributed by atoms with van der Waals surface area (Å²) in [4.78, 5) is 22.2. The highest BCUT2D eigenvalue weighted by molar-refractivity contribution is 5.83. The number of carbonyl (C=O) groups excluding carboxylic acids is 1. The molecule has 17 heavy (non-hydrogen) atoms. The van der Waals surface area contributed by atoms with Crippen molar-refractivity contribution in [3.63, 3.8) is 0 Å². The Morgan fingerprint density at radius 3 is 2.88 bits per heavy atom. The van der Waals surface area contributed by atoms with Crippen LogP contribution in [0.15, 0.2) is 12.2 Å². The number of carboxylic acid groups (broad SMARTS) is 1. The third-order valence-electron chi connectivity index (χ3n) is 3.50. The summed E-state index contributed by atoms with van der Waals surface area (Å²) in [5, 5.41) is 8.60. The van der Waals surface area contributed by atoms with Gasteiger partial charge in [-0.3, -0.25) is 9.59 Å². The summed E-state index contributed by atoms with van der Waals surface area (Å²) in [5.41, 5.74) is 0. The average Bonchev–Trinajstić information content (AvgIpc) is 2.61. The minimum absolute atomic E-state index is 0.145. The average molecular weight is 238 g/mol. The van der Waals surface area contributed by atoms with Crippen LogP contribution in [0.4, 0.5) is 0 Å². The zero-order chi connectivity index (χ0) is 12.7.